The van der Waals surface area contributed by atoms with Crippen molar-refractivity contribution >= 4 is 17.3 Å². The molecule has 2 aromatic carbocycles. The molecule has 2 heterocycles. The van der Waals surface area contributed by atoms with Crippen molar-refractivity contribution in [2.75, 3.05) is 5.32 Å². The van der Waals surface area contributed by atoms with Gasteiger partial charge in [0, 0.05) is 24.5 Å². The Kier molecular flexibility index (Phi) is 4.44. The van der Waals surface area contributed by atoms with E-state index >= 15 is 0 Å². The van der Waals surface area contributed by atoms with Gasteiger partial charge in [0.15, 0.2) is 0 Å². The van der Waals surface area contributed by atoms with Crippen LogP contribution in [0.5, 0.6) is 0 Å². The molecule has 28 heavy (non-hydrogen) atoms. The number of fused-ring (bicyclic) bond motifs is 1. The van der Waals surface area contributed by atoms with Crippen molar-refractivity contribution in [2.45, 2.75) is 12.7 Å². The van der Waals surface area contributed by atoms with Crippen molar-refractivity contribution in [2.24, 2.45) is 0 Å². The van der Waals surface area contributed by atoms with Crippen LogP contribution in [0.2, 0.25) is 0 Å². The van der Waals surface area contributed by atoms with Crippen LogP contribution in [0.25, 0.3) is 0 Å². The molecule has 7 nitrogen and oxygen atoms in total. The molecule has 0 radical (unpaired) electrons. The molecule has 0 aliphatic carbocycles. The third-order valence-electron chi connectivity index (χ3n) is 4.54. The van der Waals surface area contributed by atoms with Crippen LogP contribution in [-0.4, -0.2) is 20.7 Å². The van der Waals surface area contributed by atoms with Crippen LogP contribution in [0.1, 0.15) is 27.8 Å². The summed E-state index contributed by atoms with van der Waals surface area (Å²) in [5.74, 6) is -1.11. The predicted octanol–water partition coefficient (Wildman–Crippen LogP) is 3.90. The van der Waals surface area contributed by atoms with Gasteiger partial charge in [-0.25, -0.2) is 0 Å². The molecule has 0 saturated carbocycles. The van der Waals surface area contributed by atoms with E-state index in [4.69, 9.17) is 0 Å². The number of pyridine rings is 1. The summed E-state index contributed by atoms with van der Waals surface area (Å²) in [7, 11) is 0. The summed E-state index contributed by atoms with van der Waals surface area (Å²) in [6, 6.07) is 16.4. The minimum atomic E-state index is -0.919. The summed E-state index contributed by atoms with van der Waals surface area (Å²) in [6.07, 6.45) is 0.953. The van der Waals surface area contributed by atoms with Crippen LogP contribution < -0.4 is 5.32 Å². The number of amides is 1. The van der Waals surface area contributed by atoms with Crippen LogP contribution in [0.4, 0.5) is 15.8 Å². The number of nitro groups is 1. The smallest absolute Gasteiger partial charge is 0.306 e. The molecule has 0 fully saturated rings. The number of anilines is 1. The number of hydrogen-bond acceptors (Lipinski definition) is 5. The maximum atomic E-state index is 13.7. The van der Waals surface area contributed by atoms with E-state index in [-0.39, 0.29) is 5.91 Å². The molecule has 1 aliphatic rings. The molecule has 140 valence electrons. The van der Waals surface area contributed by atoms with E-state index in [1.54, 1.807) is 23.2 Å². The lowest BCUT2D eigenvalue weighted by molar-refractivity contribution is -0.387. The molecule has 1 amide bonds. The van der Waals surface area contributed by atoms with Crippen molar-refractivity contribution in [3.8, 4) is 0 Å². The number of hydrogen-bond donors (Lipinski definition) is 1. The van der Waals surface area contributed by atoms with Crippen molar-refractivity contribution in [1.82, 2.24) is 9.88 Å². The number of benzene rings is 2. The van der Waals surface area contributed by atoms with Crippen LogP contribution in [0.3, 0.4) is 0 Å². The maximum absolute atomic E-state index is 13.7. The fourth-order valence-corrected chi connectivity index (χ4v) is 3.23. The van der Waals surface area contributed by atoms with Gasteiger partial charge in [-0.3, -0.25) is 19.9 Å². The summed E-state index contributed by atoms with van der Waals surface area (Å²) in [6.45, 7) is 0.330. The lowest BCUT2D eigenvalue weighted by Crippen LogP contribution is -2.32. The van der Waals surface area contributed by atoms with Crippen molar-refractivity contribution in [3.05, 3.63) is 99.6 Å². The maximum Gasteiger partial charge on any atom is 0.306 e. The van der Waals surface area contributed by atoms with Crippen LogP contribution in [0, 0.1) is 15.9 Å². The zero-order chi connectivity index (χ0) is 19.7. The molecule has 0 unspecified atom stereocenters. The standard InChI is InChI=1S/C20H15FN4O3/c21-16-9-8-14(11-17(16)25(27)28)23-19-18-15(7-4-10-22-18)20(26)24(19)12-13-5-2-1-3-6-13/h1-11,19,23H,12H2/t19-/m1/s1. The van der Waals surface area contributed by atoms with Gasteiger partial charge in [-0.05, 0) is 29.8 Å². The number of nitrogens with one attached hydrogen (secondary N) is 1. The van der Waals surface area contributed by atoms with Crippen LogP contribution in [0.15, 0.2) is 66.9 Å². The molecule has 0 bridgehead atoms. The summed E-state index contributed by atoms with van der Waals surface area (Å²) in [5.41, 5.74) is 1.61. The van der Waals surface area contributed by atoms with E-state index in [0.29, 0.717) is 23.5 Å². The first-order chi connectivity index (χ1) is 13.5. The van der Waals surface area contributed by atoms with E-state index < -0.39 is 22.6 Å². The van der Waals surface area contributed by atoms with Crippen molar-refractivity contribution in [3.63, 3.8) is 0 Å². The Morgan fingerprint density at radius 1 is 1.14 bits per heavy atom. The van der Waals surface area contributed by atoms with E-state index in [1.165, 1.54) is 6.07 Å². The van der Waals surface area contributed by atoms with Gasteiger partial charge in [0.1, 0.15) is 6.17 Å². The fourth-order valence-electron chi connectivity index (χ4n) is 3.23. The average Bonchev–Trinajstić information content (AvgIpc) is 2.96. The SMILES string of the molecule is O=C1c2cccnc2[C@H](Nc2ccc(F)c([N+](=O)[O-])c2)N1Cc1ccccc1. The van der Waals surface area contributed by atoms with Crippen LogP contribution >= 0.6 is 0 Å². The highest BCUT2D eigenvalue weighted by Crippen LogP contribution is 2.35. The van der Waals surface area contributed by atoms with E-state index in [1.807, 2.05) is 30.3 Å². The minimum absolute atomic E-state index is 0.193. The van der Waals surface area contributed by atoms with E-state index in [0.717, 1.165) is 17.7 Å². The zero-order valence-electron chi connectivity index (χ0n) is 14.6. The highest BCUT2D eigenvalue weighted by Gasteiger charge is 2.38. The van der Waals surface area contributed by atoms with Gasteiger partial charge < -0.3 is 10.2 Å². The molecular weight excluding hydrogens is 363 g/mol. The molecule has 4 rings (SSSR count). The number of carbonyl (C=O) groups excluding carboxylic acids is 1. The highest BCUT2D eigenvalue weighted by molar-refractivity contribution is 5.98. The van der Waals surface area contributed by atoms with Crippen molar-refractivity contribution < 1.29 is 14.1 Å². The summed E-state index contributed by atoms with van der Waals surface area (Å²) < 4.78 is 13.7. The molecular formula is C20H15FN4O3. The molecule has 1 N–H and O–H groups in total. The molecule has 1 aliphatic heterocycles. The first-order valence-corrected chi connectivity index (χ1v) is 8.55. The number of aromatic nitrogens is 1. The molecule has 1 aromatic heterocycles. The Bertz CT molecular complexity index is 1060. The number of carbonyl (C=O) groups is 1. The average molecular weight is 378 g/mol. The Balaban J connectivity index is 1.70. The number of rotatable bonds is 5. The van der Waals surface area contributed by atoms with Gasteiger partial charge in [-0.2, -0.15) is 4.39 Å². The van der Waals surface area contributed by atoms with E-state index in [2.05, 4.69) is 10.3 Å². The van der Waals surface area contributed by atoms with Gasteiger partial charge in [-0.15, -0.1) is 0 Å². The number of nitrogens with zero attached hydrogens (tertiary/aromatic N) is 3. The highest BCUT2D eigenvalue weighted by atomic mass is 19.1. The van der Waals surface area contributed by atoms with Gasteiger partial charge >= 0.3 is 5.69 Å². The topological polar surface area (TPSA) is 88.4 Å². The minimum Gasteiger partial charge on any atom is -0.360 e. The lowest BCUT2D eigenvalue weighted by Gasteiger charge is -2.26. The van der Waals surface area contributed by atoms with Gasteiger partial charge in [0.05, 0.1) is 16.2 Å². The molecule has 0 saturated heterocycles. The Labute approximate surface area is 159 Å². The second-order valence-corrected chi connectivity index (χ2v) is 6.33. The third kappa shape index (κ3) is 3.16. The van der Waals surface area contributed by atoms with Gasteiger partial charge in [0.25, 0.3) is 5.91 Å². The van der Waals surface area contributed by atoms with Crippen LogP contribution in [-0.2, 0) is 6.54 Å². The first kappa shape index (κ1) is 17.6. The normalized spacial score (nSPS) is 15.4. The second kappa shape index (κ2) is 7.07. The fraction of sp³-hybridized carbons (Fsp3) is 0.100. The Hall–Kier alpha value is -3.81. The van der Waals surface area contributed by atoms with Gasteiger partial charge in [-0.1, -0.05) is 30.3 Å². The van der Waals surface area contributed by atoms with Crippen molar-refractivity contribution in [1.29, 1.82) is 0 Å². The Morgan fingerprint density at radius 3 is 2.68 bits per heavy atom. The molecule has 0 spiro atoms. The molecule has 1 atom stereocenters. The second-order valence-electron chi connectivity index (χ2n) is 6.33. The molecule has 3 aromatic rings. The zero-order valence-corrected chi connectivity index (χ0v) is 14.6. The first-order valence-electron chi connectivity index (χ1n) is 8.55. The third-order valence-corrected chi connectivity index (χ3v) is 4.54. The summed E-state index contributed by atoms with van der Waals surface area (Å²) in [4.78, 5) is 29.1. The molecule has 8 heteroatoms. The van der Waals surface area contributed by atoms with E-state index in [9.17, 15) is 19.3 Å². The largest absolute Gasteiger partial charge is 0.360 e. The monoisotopic (exact) mass is 378 g/mol. The summed E-state index contributed by atoms with van der Waals surface area (Å²) in [5, 5.41) is 14.1. The lowest BCUT2D eigenvalue weighted by atomic mass is 10.2. The predicted molar refractivity (Wildman–Crippen MR) is 100.0 cm³/mol. The quantitative estimate of drug-likeness (QED) is 0.537. The summed E-state index contributed by atoms with van der Waals surface area (Å²) >= 11 is 0. The number of nitro benzene ring substituents is 1. The Morgan fingerprint density at radius 2 is 1.93 bits per heavy atom. The number of halogens is 1. The van der Waals surface area contributed by atoms with Gasteiger partial charge in [0.2, 0.25) is 5.82 Å².